The summed E-state index contributed by atoms with van der Waals surface area (Å²) in [7, 11) is 0. The van der Waals surface area contributed by atoms with Crippen LogP contribution in [0.25, 0.3) is 0 Å². The maximum absolute atomic E-state index is 11.5. The van der Waals surface area contributed by atoms with Crippen molar-refractivity contribution in [2.45, 2.75) is 46.8 Å². The lowest BCUT2D eigenvalue weighted by Crippen LogP contribution is -2.11. The maximum Gasteiger partial charge on any atom is 0.167 e. The molecule has 0 aliphatic heterocycles. The van der Waals surface area contributed by atoms with Crippen LogP contribution in [0.15, 0.2) is 12.1 Å². The van der Waals surface area contributed by atoms with Gasteiger partial charge in [0.05, 0.1) is 12.2 Å². The summed E-state index contributed by atoms with van der Waals surface area (Å²) in [5.74, 6) is 0.492. The van der Waals surface area contributed by atoms with Gasteiger partial charge in [0, 0.05) is 12.1 Å². The van der Waals surface area contributed by atoms with E-state index < -0.39 is 0 Å². The van der Waals surface area contributed by atoms with E-state index in [-0.39, 0.29) is 29.3 Å². The highest BCUT2D eigenvalue weighted by molar-refractivity contribution is 5.99. The van der Waals surface area contributed by atoms with Crippen LogP contribution in [-0.4, -0.2) is 23.1 Å². The van der Waals surface area contributed by atoms with Crippen LogP contribution in [0.4, 0.5) is 0 Å². The van der Waals surface area contributed by atoms with Crippen LogP contribution in [0.1, 0.15) is 45.0 Å². The van der Waals surface area contributed by atoms with Crippen molar-refractivity contribution < 1.29 is 19.4 Å². The van der Waals surface area contributed by atoms with Crippen LogP contribution in [0.2, 0.25) is 0 Å². The highest BCUT2D eigenvalue weighted by Gasteiger charge is 2.17. The lowest BCUT2D eigenvalue weighted by atomic mass is 10.1. The fourth-order valence-corrected chi connectivity index (χ4v) is 1.62. The molecule has 0 saturated carbocycles. The SMILES string of the molecule is CC(=O)c1c(O)cc(OC(C)C)cc1OC(C)C. The van der Waals surface area contributed by atoms with E-state index in [2.05, 4.69) is 0 Å². The monoisotopic (exact) mass is 252 g/mol. The van der Waals surface area contributed by atoms with Crippen molar-refractivity contribution >= 4 is 5.78 Å². The van der Waals surface area contributed by atoms with Crippen LogP contribution < -0.4 is 9.47 Å². The second-order valence-electron chi connectivity index (χ2n) is 4.70. The molecular weight excluding hydrogens is 232 g/mol. The average molecular weight is 252 g/mol. The van der Waals surface area contributed by atoms with E-state index in [0.717, 1.165) is 0 Å². The largest absolute Gasteiger partial charge is 0.507 e. The molecular formula is C14H20O4. The standard InChI is InChI=1S/C14H20O4/c1-8(2)17-11-6-12(16)14(10(5)15)13(7-11)18-9(3)4/h6-9,16H,1-5H3. The third-order valence-corrected chi connectivity index (χ3v) is 2.14. The highest BCUT2D eigenvalue weighted by atomic mass is 16.5. The van der Waals surface area contributed by atoms with Crippen molar-refractivity contribution in [2.24, 2.45) is 0 Å². The first-order chi connectivity index (χ1) is 8.31. The lowest BCUT2D eigenvalue weighted by molar-refractivity contribution is 0.100. The van der Waals surface area contributed by atoms with E-state index in [1.54, 1.807) is 6.07 Å². The Labute approximate surface area is 108 Å². The first-order valence-corrected chi connectivity index (χ1v) is 6.02. The number of hydrogen-bond acceptors (Lipinski definition) is 4. The minimum Gasteiger partial charge on any atom is -0.507 e. The van der Waals surface area contributed by atoms with E-state index in [9.17, 15) is 9.90 Å². The molecule has 0 saturated heterocycles. The molecule has 0 fully saturated rings. The van der Waals surface area contributed by atoms with Crippen molar-refractivity contribution in [2.75, 3.05) is 0 Å². The molecule has 1 aromatic carbocycles. The van der Waals surface area contributed by atoms with Crippen LogP contribution in [-0.2, 0) is 0 Å². The number of ether oxygens (including phenoxy) is 2. The molecule has 0 aliphatic rings. The molecule has 0 aliphatic carbocycles. The van der Waals surface area contributed by atoms with Gasteiger partial charge in [-0.05, 0) is 34.6 Å². The summed E-state index contributed by atoms with van der Waals surface area (Å²) in [6.45, 7) is 8.89. The number of rotatable bonds is 5. The van der Waals surface area contributed by atoms with E-state index in [1.165, 1.54) is 13.0 Å². The number of benzene rings is 1. The third kappa shape index (κ3) is 3.65. The molecule has 0 amide bonds. The molecule has 1 N–H and O–H groups in total. The second kappa shape index (κ2) is 5.76. The minimum absolute atomic E-state index is 0.0144. The maximum atomic E-state index is 11.5. The molecule has 0 heterocycles. The summed E-state index contributed by atoms with van der Waals surface area (Å²) in [4.78, 5) is 11.5. The van der Waals surface area contributed by atoms with Crippen molar-refractivity contribution in [3.8, 4) is 17.2 Å². The summed E-state index contributed by atoms with van der Waals surface area (Å²) in [5.41, 5.74) is 0.194. The molecule has 0 bridgehead atoms. The predicted octanol–water partition coefficient (Wildman–Crippen LogP) is 3.17. The zero-order valence-electron chi connectivity index (χ0n) is 11.5. The van der Waals surface area contributed by atoms with Crippen LogP contribution in [0.5, 0.6) is 17.2 Å². The fourth-order valence-electron chi connectivity index (χ4n) is 1.62. The van der Waals surface area contributed by atoms with E-state index in [4.69, 9.17) is 9.47 Å². The number of hydrogen-bond donors (Lipinski definition) is 1. The molecule has 1 aromatic rings. The fraction of sp³-hybridized carbons (Fsp3) is 0.500. The number of Topliss-reactive ketones (excluding diaryl/α,β-unsaturated/α-hetero) is 1. The van der Waals surface area contributed by atoms with Gasteiger partial charge in [0.15, 0.2) is 5.78 Å². The van der Waals surface area contributed by atoms with Gasteiger partial charge in [0.25, 0.3) is 0 Å². The van der Waals surface area contributed by atoms with Gasteiger partial charge in [0.1, 0.15) is 22.8 Å². The molecule has 18 heavy (non-hydrogen) atoms. The molecule has 4 nitrogen and oxygen atoms in total. The van der Waals surface area contributed by atoms with Gasteiger partial charge < -0.3 is 14.6 Å². The van der Waals surface area contributed by atoms with Gasteiger partial charge in [-0.15, -0.1) is 0 Å². The molecule has 1 rings (SSSR count). The summed E-state index contributed by atoms with van der Waals surface area (Å²) >= 11 is 0. The third-order valence-electron chi connectivity index (χ3n) is 2.14. The van der Waals surface area contributed by atoms with Gasteiger partial charge in [-0.3, -0.25) is 4.79 Å². The summed E-state index contributed by atoms with van der Waals surface area (Å²) in [6, 6.07) is 3.07. The number of phenols is 1. The van der Waals surface area contributed by atoms with Crippen molar-refractivity contribution in [1.29, 1.82) is 0 Å². The molecule has 0 unspecified atom stereocenters. The van der Waals surface area contributed by atoms with E-state index in [1.807, 2.05) is 27.7 Å². The number of ketones is 1. The first-order valence-electron chi connectivity index (χ1n) is 6.02. The van der Waals surface area contributed by atoms with Crippen molar-refractivity contribution in [3.05, 3.63) is 17.7 Å². The average Bonchev–Trinajstić information content (AvgIpc) is 2.12. The van der Waals surface area contributed by atoms with Gasteiger partial charge >= 0.3 is 0 Å². The van der Waals surface area contributed by atoms with E-state index >= 15 is 0 Å². The number of carbonyl (C=O) groups excluding carboxylic acids is 1. The van der Waals surface area contributed by atoms with E-state index in [0.29, 0.717) is 11.5 Å². The topological polar surface area (TPSA) is 55.8 Å². The van der Waals surface area contributed by atoms with Gasteiger partial charge in [-0.2, -0.15) is 0 Å². The Morgan fingerprint density at radius 3 is 2.11 bits per heavy atom. The number of aromatic hydroxyl groups is 1. The molecule has 0 radical (unpaired) electrons. The minimum atomic E-state index is -0.237. The number of phenolic OH excluding ortho intramolecular Hbond substituents is 1. The Morgan fingerprint density at radius 1 is 1.11 bits per heavy atom. The number of carbonyl (C=O) groups is 1. The first kappa shape index (κ1) is 14.4. The van der Waals surface area contributed by atoms with Gasteiger partial charge in [0.2, 0.25) is 0 Å². The highest BCUT2D eigenvalue weighted by Crippen LogP contribution is 2.34. The Balaban J connectivity index is 3.23. The Kier molecular flexibility index (Phi) is 4.59. The lowest BCUT2D eigenvalue weighted by Gasteiger charge is -2.17. The zero-order chi connectivity index (χ0) is 13.9. The van der Waals surface area contributed by atoms with Gasteiger partial charge in [-0.1, -0.05) is 0 Å². The zero-order valence-corrected chi connectivity index (χ0v) is 11.5. The van der Waals surface area contributed by atoms with Crippen molar-refractivity contribution in [1.82, 2.24) is 0 Å². The molecule has 100 valence electrons. The van der Waals surface area contributed by atoms with Crippen LogP contribution in [0, 0.1) is 0 Å². The normalized spacial score (nSPS) is 10.8. The Morgan fingerprint density at radius 2 is 1.67 bits per heavy atom. The second-order valence-corrected chi connectivity index (χ2v) is 4.70. The molecule has 0 atom stereocenters. The Bertz CT molecular complexity index is 436. The van der Waals surface area contributed by atoms with Crippen LogP contribution >= 0.6 is 0 Å². The van der Waals surface area contributed by atoms with Gasteiger partial charge in [-0.25, -0.2) is 0 Å². The van der Waals surface area contributed by atoms with Crippen molar-refractivity contribution in [3.63, 3.8) is 0 Å². The molecule has 0 spiro atoms. The quantitative estimate of drug-likeness (QED) is 0.818. The molecule has 4 heteroatoms. The summed E-state index contributed by atoms with van der Waals surface area (Å²) in [5, 5.41) is 9.89. The molecule has 0 aromatic heterocycles. The Hall–Kier alpha value is -1.71. The smallest absolute Gasteiger partial charge is 0.167 e. The summed E-state index contributed by atoms with van der Waals surface area (Å²) in [6.07, 6.45) is -0.101. The van der Waals surface area contributed by atoms with Crippen LogP contribution in [0.3, 0.4) is 0 Å². The summed E-state index contributed by atoms with van der Waals surface area (Å²) < 4.78 is 11.0. The predicted molar refractivity (Wildman–Crippen MR) is 69.6 cm³/mol.